The first-order chi connectivity index (χ1) is 10.8. The van der Waals surface area contributed by atoms with Crippen LogP contribution >= 0.6 is 23.2 Å². The van der Waals surface area contributed by atoms with Gasteiger partial charge in [-0.3, -0.25) is 4.79 Å². The predicted molar refractivity (Wildman–Crippen MR) is 82.1 cm³/mol. The Labute approximate surface area is 140 Å². The average molecular weight is 360 g/mol. The Kier molecular flexibility index (Phi) is 5.18. The van der Waals surface area contributed by atoms with Gasteiger partial charge in [0.2, 0.25) is 0 Å². The van der Waals surface area contributed by atoms with Gasteiger partial charge in [0.05, 0.1) is 34.0 Å². The van der Waals surface area contributed by atoms with Crippen molar-refractivity contribution in [2.75, 3.05) is 12.4 Å². The van der Waals surface area contributed by atoms with E-state index in [1.54, 1.807) is 0 Å². The highest BCUT2D eigenvalue weighted by molar-refractivity contribution is 6.44. The van der Waals surface area contributed by atoms with Gasteiger partial charge in [0.15, 0.2) is 0 Å². The van der Waals surface area contributed by atoms with Crippen molar-refractivity contribution in [1.82, 2.24) is 0 Å². The Morgan fingerprint density at radius 2 is 1.78 bits per heavy atom. The third-order valence-corrected chi connectivity index (χ3v) is 3.73. The van der Waals surface area contributed by atoms with Gasteiger partial charge >= 0.3 is 5.97 Å². The summed E-state index contributed by atoms with van der Waals surface area (Å²) in [6.45, 7) is 0. The van der Waals surface area contributed by atoms with E-state index in [9.17, 15) is 18.4 Å². The van der Waals surface area contributed by atoms with Crippen LogP contribution in [0.1, 0.15) is 20.7 Å². The molecule has 0 saturated heterocycles. The highest BCUT2D eigenvalue weighted by Gasteiger charge is 2.19. The van der Waals surface area contributed by atoms with Crippen LogP contribution in [0.5, 0.6) is 0 Å². The molecule has 4 nitrogen and oxygen atoms in total. The maximum Gasteiger partial charge on any atom is 0.340 e. The second kappa shape index (κ2) is 6.93. The van der Waals surface area contributed by atoms with Crippen LogP contribution in [0, 0.1) is 11.6 Å². The Balaban J connectivity index is 2.38. The number of halogens is 4. The Morgan fingerprint density at radius 1 is 1.09 bits per heavy atom. The van der Waals surface area contributed by atoms with Crippen molar-refractivity contribution in [3.63, 3.8) is 0 Å². The average Bonchev–Trinajstić information content (AvgIpc) is 2.51. The van der Waals surface area contributed by atoms with Gasteiger partial charge in [-0.2, -0.15) is 0 Å². The zero-order valence-corrected chi connectivity index (χ0v) is 13.1. The largest absolute Gasteiger partial charge is 0.465 e. The molecule has 0 fully saturated rings. The number of benzene rings is 2. The van der Waals surface area contributed by atoms with Crippen molar-refractivity contribution in [3.05, 3.63) is 63.1 Å². The molecule has 0 aliphatic rings. The van der Waals surface area contributed by atoms with Crippen molar-refractivity contribution in [2.45, 2.75) is 0 Å². The number of amides is 1. The second-order valence-electron chi connectivity index (χ2n) is 4.36. The van der Waals surface area contributed by atoms with Crippen molar-refractivity contribution < 1.29 is 23.1 Å². The highest BCUT2D eigenvalue weighted by Crippen LogP contribution is 2.27. The maximum absolute atomic E-state index is 13.8. The fraction of sp³-hybridized carbons (Fsp3) is 0.0667. The van der Waals surface area contributed by atoms with Crippen LogP contribution < -0.4 is 5.32 Å². The molecule has 23 heavy (non-hydrogen) atoms. The number of anilines is 1. The van der Waals surface area contributed by atoms with Gasteiger partial charge in [0, 0.05) is 6.07 Å². The summed E-state index contributed by atoms with van der Waals surface area (Å²) in [5, 5.41) is 2.35. The van der Waals surface area contributed by atoms with Gasteiger partial charge in [-0.1, -0.05) is 29.3 Å². The lowest BCUT2D eigenvalue weighted by Crippen LogP contribution is -2.15. The molecule has 0 aliphatic heterocycles. The van der Waals surface area contributed by atoms with E-state index in [-0.39, 0.29) is 15.6 Å². The van der Waals surface area contributed by atoms with Gasteiger partial charge in [0.1, 0.15) is 11.6 Å². The summed E-state index contributed by atoms with van der Waals surface area (Å²) in [4.78, 5) is 23.6. The minimum atomic E-state index is -1.10. The molecule has 1 amide bonds. The molecule has 0 bridgehead atoms. The molecule has 0 aromatic heterocycles. The fourth-order valence-electron chi connectivity index (χ4n) is 1.78. The standard InChI is InChI=1S/C15H9Cl2F2NO3/c1-23-15(22)8-5-12(11(19)6-10(8)18)20-14(21)7-3-2-4-9(16)13(7)17/h2-6H,1H3,(H,20,21). The zero-order chi connectivity index (χ0) is 17.1. The lowest BCUT2D eigenvalue weighted by molar-refractivity contribution is 0.0595. The highest BCUT2D eigenvalue weighted by atomic mass is 35.5. The lowest BCUT2D eigenvalue weighted by Gasteiger charge is -2.10. The van der Waals surface area contributed by atoms with E-state index in [1.165, 1.54) is 18.2 Å². The van der Waals surface area contributed by atoms with Crippen molar-refractivity contribution >= 4 is 40.8 Å². The van der Waals surface area contributed by atoms with E-state index >= 15 is 0 Å². The first kappa shape index (κ1) is 17.2. The second-order valence-corrected chi connectivity index (χ2v) is 5.14. The Morgan fingerprint density at radius 3 is 2.43 bits per heavy atom. The quantitative estimate of drug-likeness (QED) is 0.830. The van der Waals surface area contributed by atoms with Crippen molar-refractivity contribution in [1.29, 1.82) is 0 Å². The van der Waals surface area contributed by atoms with Crippen LogP contribution in [0.25, 0.3) is 0 Å². The minimum absolute atomic E-state index is 0.00232. The van der Waals surface area contributed by atoms with E-state index in [2.05, 4.69) is 10.1 Å². The van der Waals surface area contributed by atoms with E-state index in [4.69, 9.17) is 23.2 Å². The number of ether oxygens (including phenoxy) is 1. The number of hydrogen-bond donors (Lipinski definition) is 1. The molecule has 0 unspecified atom stereocenters. The lowest BCUT2D eigenvalue weighted by atomic mass is 10.1. The molecule has 120 valence electrons. The van der Waals surface area contributed by atoms with E-state index in [0.717, 1.165) is 13.2 Å². The van der Waals surface area contributed by atoms with Gasteiger partial charge < -0.3 is 10.1 Å². The summed E-state index contributed by atoms with van der Waals surface area (Å²) in [6.07, 6.45) is 0. The first-order valence-corrected chi connectivity index (χ1v) is 6.93. The zero-order valence-electron chi connectivity index (χ0n) is 11.6. The fourth-order valence-corrected chi connectivity index (χ4v) is 2.17. The van der Waals surface area contributed by atoms with E-state index in [1.807, 2.05) is 0 Å². The molecule has 0 heterocycles. The van der Waals surface area contributed by atoms with Crippen LogP contribution in [0.2, 0.25) is 10.0 Å². The van der Waals surface area contributed by atoms with Gasteiger partial charge in [-0.15, -0.1) is 0 Å². The smallest absolute Gasteiger partial charge is 0.340 e. The van der Waals surface area contributed by atoms with Crippen LogP contribution in [0.15, 0.2) is 30.3 Å². The van der Waals surface area contributed by atoms with Crippen molar-refractivity contribution in [2.24, 2.45) is 0 Å². The van der Waals surface area contributed by atoms with Gasteiger partial charge in [-0.05, 0) is 18.2 Å². The molecular weight excluding hydrogens is 351 g/mol. The number of carbonyl (C=O) groups is 2. The first-order valence-electron chi connectivity index (χ1n) is 6.18. The molecule has 0 aliphatic carbocycles. The summed E-state index contributed by atoms with van der Waals surface area (Å²) in [5.74, 6) is -3.92. The Hall–Kier alpha value is -2.18. The Bertz CT molecular complexity index is 797. The van der Waals surface area contributed by atoms with Gasteiger partial charge in [-0.25, -0.2) is 13.6 Å². The summed E-state index contributed by atoms with van der Waals surface area (Å²) in [7, 11) is 1.05. The van der Waals surface area contributed by atoms with E-state index in [0.29, 0.717) is 6.07 Å². The third-order valence-electron chi connectivity index (χ3n) is 2.91. The topological polar surface area (TPSA) is 55.4 Å². The number of carbonyl (C=O) groups excluding carboxylic acids is 2. The molecule has 2 aromatic rings. The molecule has 0 atom stereocenters. The molecular formula is C15H9Cl2F2NO3. The molecule has 0 radical (unpaired) electrons. The number of hydrogen-bond acceptors (Lipinski definition) is 3. The molecule has 2 aromatic carbocycles. The number of nitrogens with one attached hydrogen (secondary N) is 1. The predicted octanol–water partition coefficient (Wildman–Crippen LogP) is 4.31. The van der Waals surface area contributed by atoms with Crippen LogP contribution in [0.4, 0.5) is 14.5 Å². The number of methoxy groups -OCH3 is 1. The van der Waals surface area contributed by atoms with Crippen molar-refractivity contribution in [3.8, 4) is 0 Å². The van der Waals surface area contributed by atoms with Crippen LogP contribution in [0.3, 0.4) is 0 Å². The molecule has 2 rings (SSSR count). The number of esters is 1. The molecule has 8 heteroatoms. The molecule has 0 spiro atoms. The summed E-state index contributed by atoms with van der Waals surface area (Å²) < 4.78 is 31.7. The number of rotatable bonds is 3. The third kappa shape index (κ3) is 3.60. The van der Waals surface area contributed by atoms with Crippen LogP contribution in [-0.4, -0.2) is 19.0 Å². The summed E-state index contributed by atoms with van der Waals surface area (Å²) >= 11 is 11.7. The van der Waals surface area contributed by atoms with Crippen LogP contribution in [-0.2, 0) is 4.74 Å². The normalized spacial score (nSPS) is 10.3. The monoisotopic (exact) mass is 359 g/mol. The molecule has 0 saturated carbocycles. The SMILES string of the molecule is COC(=O)c1cc(NC(=O)c2cccc(Cl)c2Cl)c(F)cc1F. The minimum Gasteiger partial charge on any atom is -0.465 e. The van der Waals surface area contributed by atoms with Gasteiger partial charge in [0.25, 0.3) is 5.91 Å². The van der Waals surface area contributed by atoms with E-state index < -0.39 is 34.8 Å². The molecule has 1 N–H and O–H groups in total. The summed E-state index contributed by atoms with van der Waals surface area (Å²) in [5.41, 5.74) is -0.906. The maximum atomic E-state index is 13.8. The summed E-state index contributed by atoms with van der Waals surface area (Å²) in [6, 6.07) is 5.67.